The highest BCUT2D eigenvalue weighted by Gasteiger charge is 2.42. The van der Waals surface area contributed by atoms with Gasteiger partial charge < -0.3 is 9.47 Å². The standard InChI is InChI=1S/C61H54N2/c1-61(2)54-23-12-10-21-52(54)60-55(61)24-14-26-57(60)62(46-34-27-42(28-35-46)41-15-4-3-5-16-41)47-36-29-44(30-37-47)49-18-8-9-19-50(49)45-31-38-48(39-32-45)63-56-25-13-11-22-53(56)59-51-20-7-6-17-43(51)33-40-58(59)63/h3-4,7-10,12-15,18-21,23-25,27-32,34-39,57H,5-6,11,16-17,22,26,33,40H2,1-2H3. The molecule has 12 rings (SSSR count). The highest BCUT2D eigenvalue weighted by Crippen LogP contribution is 2.53. The Balaban J connectivity index is 0.903. The number of rotatable bonds is 7. The highest BCUT2D eigenvalue weighted by atomic mass is 15.2. The molecule has 0 saturated heterocycles. The van der Waals surface area contributed by atoms with Crippen molar-refractivity contribution in [3.8, 4) is 27.9 Å². The van der Waals surface area contributed by atoms with E-state index in [1.807, 2.05) is 0 Å². The minimum atomic E-state index is -0.0461. The lowest BCUT2D eigenvalue weighted by molar-refractivity contribution is 0.647. The summed E-state index contributed by atoms with van der Waals surface area (Å²) in [5, 5.41) is 0. The van der Waals surface area contributed by atoms with Crippen molar-refractivity contribution in [2.75, 3.05) is 4.90 Å². The van der Waals surface area contributed by atoms with Crippen LogP contribution < -0.4 is 4.90 Å². The summed E-state index contributed by atoms with van der Waals surface area (Å²) < 4.78 is 2.58. The Hall–Kier alpha value is -6.64. The number of anilines is 2. The highest BCUT2D eigenvalue weighted by molar-refractivity contribution is 5.91. The maximum Gasteiger partial charge on any atom is 0.0635 e. The molecule has 6 aliphatic rings. The van der Waals surface area contributed by atoms with E-state index in [1.165, 1.54) is 115 Å². The SMILES string of the molecule is CC1(C)C2=C(c3ccccc31)C(N(c1ccc(C3=CC=CCC3)cc1)c1ccc(-c3ccccc3-c3ccc(-n4c5c(c6c4CCC4=C6C=CCC4)CCC=C5)cc3)cc1)CC=C2. The molecule has 0 fully saturated rings. The third-order valence-electron chi connectivity index (χ3n) is 15.0. The Morgan fingerprint density at radius 2 is 1.22 bits per heavy atom. The van der Waals surface area contributed by atoms with Crippen LogP contribution >= 0.6 is 0 Å². The minimum absolute atomic E-state index is 0.0461. The molecule has 0 amide bonds. The topological polar surface area (TPSA) is 8.17 Å². The Kier molecular flexibility index (Phi) is 9.25. The molecule has 1 aromatic heterocycles. The van der Waals surface area contributed by atoms with Crippen molar-refractivity contribution in [1.82, 2.24) is 4.57 Å². The third kappa shape index (κ3) is 6.29. The van der Waals surface area contributed by atoms with Gasteiger partial charge in [-0.1, -0.05) is 153 Å². The Morgan fingerprint density at radius 1 is 0.571 bits per heavy atom. The van der Waals surface area contributed by atoms with Crippen molar-refractivity contribution in [1.29, 1.82) is 0 Å². The third-order valence-corrected chi connectivity index (χ3v) is 15.0. The molecule has 0 N–H and O–H groups in total. The van der Waals surface area contributed by atoms with E-state index < -0.39 is 0 Å². The van der Waals surface area contributed by atoms with Crippen LogP contribution in [0.15, 0.2) is 181 Å². The molecular weight excluding hydrogens is 761 g/mol. The fourth-order valence-corrected chi connectivity index (χ4v) is 11.9. The van der Waals surface area contributed by atoms with Crippen LogP contribution in [0.4, 0.5) is 11.4 Å². The molecule has 0 bridgehead atoms. The minimum Gasteiger partial charge on any atom is -0.334 e. The van der Waals surface area contributed by atoms with Crippen molar-refractivity contribution in [3.63, 3.8) is 0 Å². The van der Waals surface area contributed by atoms with Crippen molar-refractivity contribution in [2.24, 2.45) is 0 Å². The monoisotopic (exact) mass is 814 g/mol. The maximum atomic E-state index is 2.61. The van der Waals surface area contributed by atoms with E-state index in [4.69, 9.17) is 0 Å². The second-order valence-electron chi connectivity index (χ2n) is 18.8. The number of nitrogens with zero attached hydrogens (tertiary/aromatic N) is 2. The van der Waals surface area contributed by atoms with Crippen LogP contribution in [0.25, 0.3) is 50.7 Å². The molecule has 1 unspecified atom stereocenters. The van der Waals surface area contributed by atoms with Gasteiger partial charge in [-0.05, 0) is 167 Å². The summed E-state index contributed by atoms with van der Waals surface area (Å²) in [5.41, 5.74) is 26.2. The van der Waals surface area contributed by atoms with Gasteiger partial charge in [0.15, 0.2) is 0 Å². The van der Waals surface area contributed by atoms with Crippen LogP contribution in [-0.4, -0.2) is 10.6 Å². The summed E-state index contributed by atoms with van der Waals surface area (Å²) >= 11 is 0. The fourth-order valence-electron chi connectivity index (χ4n) is 11.9. The van der Waals surface area contributed by atoms with Gasteiger partial charge in [0.2, 0.25) is 0 Å². The lowest BCUT2D eigenvalue weighted by Gasteiger charge is -2.37. The molecule has 0 spiro atoms. The zero-order chi connectivity index (χ0) is 42.1. The van der Waals surface area contributed by atoms with Crippen LogP contribution in [0, 0.1) is 0 Å². The number of benzene rings is 5. The average Bonchev–Trinajstić information content (AvgIpc) is 3.81. The van der Waals surface area contributed by atoms with Gasteiger partial charge in [0.1, 0.15) is 0 Å². The molecule has 63 heavy (non-hydrogen) atoms. The van der Waals surface area contributed by atoms with Gasteiger partial charge >= 0.3 is 0 Å². The summed E-state index contributed by atoms with van der Waals surface area (Å²) in [5.74, 6) is 0. The molecule has 2 nitrogen and oxygen atoms in total. The molecule has 5 aromatic carbocycles. The van der Waals surface area contributed by atoms with E-state index in [1.54, 1.807) is 11.1 Å². The van der Waals surface area contributed by atoms with Gasteiger partial charge in [-0.3, -0.25) is 0 Å². The van der Waals surface area contributed by atoms with Crippen LogP contribution in [0.3, 0.4) is 0 Å². The molecule has 1 atom stereocenters. The van der Waals surface area contributed by atoms with Gasteiger partial charge in [0.05, 0.1) is 6.04 Å². The summed E-state index contributed by atoms with van der Waals surface area (Å²) in [7, 11) is 0. The molecule has 1 heterocycles. The molecule has 308 valence electrons. The van der Waals surface area contributed by atoms with E-state index in [-0.39, 0.29) is 11.5 Å². The molecule has 0 radical (unpaired) electrons. The summed E-state index contributed by atoms with van der Waals surface area (Å²) in [6, 6.07) is 46.4. The van der Waals surface area contributed by atoms with Gasteiger partial charge in [0, 0.05) is 39.4 Å². The van der Waals surface area contributed by atoms with Crippen LogP contribution in [0.5, 0.6) is 0 Å². The zero-order valence-corrected chi connectivity index (χ0v) is 36.6. The Bertz CT molecular complexity index is 3020. The summed E-state index contributed by atoms with van der Waals surface area (Å²) in [6.45, 7) is 4.79. The molecule has 6 aromatic rings. The fraction of sp³-hybridized carbons (Fsp3) is 0.213. The average molecular weight is 815 g/mol. The van der Waals surface area contributed by atoms with E-state index in [2.05, 4.69) is 199 Å². The molecule has 6 aliphatic carbocycles. The van der Waals surface area contributed by atoms with Crippen molar-refractivity contribution in [3.05, 3.63) is 220 Å². The van der Waals surface area contributed by atoms with Gasteiger partial charge in [-0.25, -0.2) is 0 Å². The Morgan fingerprint density at radius 3 is 1.95 bits per heavy atom. The maximum absolute atomic E-state index is 2.61. The van der Waals surface area contributed by atoms with Gasteiger partial charge in [-0.2, -0.15) is 0 Å². The molecule has 2 heteroatoms. The van der Waals surface area contributed by atoms with Gasteiger partial charge in [-0.15, -0.1) is 0 Å². The largest absolute Gasteiger partial charge is 0.334 e. The normalized spacial score (nSPS) is 19.0. The molecular formula is C61H54N2. The summed E-state index contributed by atoms with van der Waals surface area (Å²) in [6.07, 6.45) is 31.2. The second kappa shape index (κ2) is 15.3. The van der Waals surface area contributed by atoms with E-state index >= 15 is 0 Å². The number of fused-ring (bicyclic) bond motifs is 6. The zero-order valence-electron chi connectivity index (χ0n) is 36.6. The van der Waals surface area contributed by atoms with E-state index in [9.17, 15) is 0 Å². The lowest BCUT2D eigenvalue weighted by Crippen LogP contribution is -2.33. The Labute approximate surface area is 373 Å². The van der Waals surface area contributed by atoms with Gasteiger partial charge in [0.25, 0.3) is 0 Å². The number of hydrogen-bond donors (Lipinski definition) is 0. The van der Waals surface area contributed by atoms with E-state index in [0.29, 0.717) is 0 Å². The summed E-state index contributed by atoms with van der Waals surface area (Å²) in [4.78, 5) is 2.61. The predicted octanol–water partition coefficient (Wildman–Crippen LogP) is 15.8. The number of aromatic nitrogens is 1. The van der Waals surface area contributed by atoms with Crippen LogP contribution in [0.2, 0.25) is 0 Å². The predicted molar refractivity (Wildman–Crippen MR) is 266 cm³/mol. The van der Waals surface area contributed by atoms with Crippen LogP contribution in [-0.2, 0) is 18.3 Å². The molecule has 0 saturated carbocycles. The van der Waals surface area contributed by atoms with Crippen molar-refractivity contribution in [2.45, 2.75) is 83.1 Å². The second-order valence-corrected chi connectivity index (χ2v) is 18.8. The molecule has 0 aliphatic heterocycles. The first-order valence-corrected chi connectivity index (χ1v) is 23.4. The number of allylic oxidation sites excluding steroid dienone is 11. The lowest BCUT2D eigenvalue weighted by atomic mass is 9.79. The van der Waals surface area contributed by atoms with Crippen molar-refractivity contribution >= 4 is 34.2 Å². The first-order valence-electron chi connectivity index (χ1n) is 23.4. The van der Waals surface area contributed by atoms with Crippen LogP contribution in [0.1, 0.15) is 98.0 Å². The number of hydrogen-bond acceptors (Lipinski definition) is 1. The quantitative estimate of drug-likeness (QED) is 0.156. The van der Waals surface area contributed by atoms with Crippen molar-refractivity contribution < 1.29 is 0 Å². The first-order chi connectivity index (χ1) is 31.0. The first kappa shape index (κ1) is 38.1. The van der Waals surface area contributed by atoms with E-state index in [0.717, 1.165) is 38.5 Å². The smallest absolute Gasteiger partial charge is 0.0635 e.